The number of amides is 1. The van der Waals surface area contributed by atoms with Crippen molar-refractivity contribution >= 4 is 22.2 Å². The maximum atomic E-state index is 11.8. The highest BCUT2D eigenvalue weighted by molar-refractivity contribution is 7.16. The fourth-order valence-corrected chi connectivity index (χ4v) is 4.25. The molecule has 1 aromatic heterocycles. The van der Waals surface area contributed by atoms with Crippen molar-refractivity contribution in [1.29, 1.82) is 0 Å². The van der Waals surface area contributed by atoms with Crippen molar-refractivity contribution in [2.75, 3.05) is 25.0 Å². The second-order valence-electron chi connectivity index (χ2n) is 6.50. The fourth-order valence-electron chi connectivity index (χ4n) is 3.45. The second kappa shape index (κ2) is 5.89. The summed E-state index contributed by atoms with van der Waals surface area (Å²) in [4.78, 5) is 15.0. The first kappa shape index (κ1) is 15.3. The first-order valence-corrected chi connectivity index (χ1v) is 8.51. The molecule has 0 radical (unpaired) electrons. The number of nitrogens with two attached hydrogens (primary N) is 1. The van der Waals surface area contributed by atoms with Gasteiger partial charge in [0.2, 0.25) is 5.91 Å². The molecule has 22 heavy (non-hydrogen) atoms. The topological polar surface area (TPSA) is 58.4 Å². The van der Waals surface area contributed by atoms with Gasteiger partial charge in [-0.15, -0.1) is 11.3 Å². The van der Waals surface area contributed by atoms with Crippen LogP contribution < -0.4 is 11.1 Å². The molecule has 1 saturated heterocycles. The standard InChI is InChI=1S/C17H23N3OS/c1-12-5-6-15(22-12)19-13(2)14-8-17(9-14)10-20(11-17)16(21)4-3-7-18/h3-6,14,19H,2,7-11,18H2,1H3/b4-3+. The van der Waals surface area contributed by atoms with E-state index in [0.717, 1.165) is 31.6 Å². The number of likely N-dealkylation sites (tertiary alicyclic amines) is 1. The number of carbonyl (C=O) groups excluding carboxylic acids is 1. The van der Waals surface area contributed by atoms with E-state index >= 15 is 0 Å². The lowest BCUT2D eigenvalue weighted by Crippen LogP contribution is -2.63. The Hall–Kier alpha value is -1.59. The van der Waals surface area contributed by atoms with Crippen LogP contribution in [0.3, 0.4) is 0 Å². The van der Waals surface area contributed by atoms with E-state index in [0.29, 0.717) is 17.9 Å². The normalized spacial score (nSPS) is 20.0. The van der Waals surface area contributed by atoms with Gasteiger partial charge in [-0.2, -0.15) is 0 Å². The Morgan fingerprint density at radius 1 is 1.55 bits per heavy atom. The summed E-state index contributed by atoms with van der Waals surface area (Å²) in [7, 11) is 0. The molecule has 1 spiro atoms. The van der Waals surface area contributed by atoms with Crippen molar-refractivity contribution < 1.29 is 4.79 Å². The maximum absolute atomic E-state index is 11.8. The summed E-state index contributed by atoms with van der Waals surface area (Å²) in [6.45, 7) is 8.47. The molecule has 2 fully saturated rings. The highest BCUT2D eigenvalue weighted by atomic mass is 32.1. The molecule has 2 aliphatic rings. The number of anilines is 1. The van der Waals surface area contributed by atoms with Crippen molar-refractivity contribution in [1.82, 2.24) is 4.90 Å². The van der Waals surface area contributed by atoms with Gasteiger partial charge >= 0.3 is 0 Å². The number of hydrogen-bond acceptors (Lipinski definition) is 4. The smallest absolute Gasteiger partial charge is 0.246 e. The predicted molar refractivity (Wildman–Crippen MR) is 91.8 cm³/mol. The van der Waals surface area contributed by atoms with E-state index in [-0.39, 0.29) is 5.91 Å². The van der Waals surface area contributed by atoms with Crippen LogP contribution in [0.25, 0.3) is 0 Å². The molecular formula is C17H23N3OS. The molecule has 4 nitrogen and oxygen atoms in total. The number of nitrogens with zero attached hydrogens (tertiary/aromatic N) is 1. The molecule has 1 amide bonds. The number of rotatable bonds is 5. The van der Waals surface area contributed by atoms with Gasteiger partial charge in [-0.1, -0.05) is 12.7 Å². The monoisotopic (exact) mass is 317 g/mol. The highest BCUT2D eigenvalue weighted by Gasteiger charge is 2.53. The molecule has 5 heteroatoms. The van der Waals surface area contributed by atoms with Gasteiger partial charge in [0.25, 0.3) is 0 Å². The summed E-state index contributed by atoms with van der Waals surface area (Å²) in [5.41, 5.74) is 6.82. The van der Waals surface area contributed by atoms with Crippen LogP contribution in [0.4, 0.5) is 5.00 Å². The molecule has 2 heterocycles. The molecule has 0 unspecified atom stereocenters. The first-order valence-electron chi connectivity index (χ1n) is 7.69. The average molecular weight is 317 g/mol. The lowest BCUT2D eigenvalue weighted by Gasteiger charge is -2.59. The van der Waals surface area contributed by atoms with Gasteiger partial charge in [0, 0.05) is 41.7 Å². The summed E-state index contributed by atoms with van der Waals surface area (Å²) in [5.74, 6) is 0.616. The van der Waals surface area contributed by atoms with Gasteiger partial charge in [-0.05, 0) is 37.8 Å². The Bertz CT molecular complexity index is 605. The van der Waals surface area contributed by atoms with Gasteiger partial charge in [-0.3, -0.25) is 4.79 Å². The first-order chi connectivity index (χ1) is 10.5. The Morgan fingerprint density at radius 2 is 2.27 bits per heavy atom. The SMILES string of the molecule is C=C(Nc1ccc(C)s1)C1CC2(C1)CN(C(=O)/C=C/CN)C2. The third-order valence-corrected chi connectivity index (χ3v) is 5.55. The fraction of sp³-hybridized carbons (Fsp3) is 0.471. The number of hydrogen-bond donors (Lipinski definition) is 2. The second-order valence-corrected chi connectivity index (χ2v) is 7.79. The molecule has 1 aromatic rings. The molecule has 3 N–H and O–H groups in total. The van der Waals surface area contributed by atoms with Crippen LogP contribution in [-0.2, 0) is 4.79 Å². The van der Waals surface area contributed by atoms with E-state index in [1.807, 2.05) is 4.90 Å². The molecule has 1 aliphatic carbocycles. The predicted octanol–water partition coefficient (Wildman–Crippen LogP) is 2.74. The molecule has 0 atom stereocenters. The number of allylic oxidation sites excluding steroid dienone is 1. The lowest BCUT2D eigenvalue weighted by atomic mass is 9.57. The molecular weight excluding hydrogens is 294 g/mol. The van der Waals surface area contributed by atoms with Crippen LogP contribution >= 0.6 is 11.3 Å². The summed E-state index contributed by atoms with van der Waals surface area (Å²) < 4.78 is 0. The van der Waals surface area contributed by atoms with E-state index in [1.54, 1.807) is 23.5 Å². The van der Waals surface area contributed by atoms with E-state index in [9.17, 15) is 4.79 Å². The van der Waals surface area contributed by atoms with Gasteiger partial charge in [0.1, 0.15) is 0 Å². The zero-order chi connectivity index (χ0) is 15.7. The summed E-state index contributed by atoms with van der Waals surface area (Å²) in [6, 6.07) is 4.22. The van der Waals surface area contributed by atoms with Crippen LogP contribution in [0.2, 0.25) is 0 Å². The van der Waals surface area contributed by atoms with Crippen molar-refractivity contribution in [3.8, 4) is 0 Å². The van der Waals surface area contributed by atoms with Crippen molar-refractivity contribution in [2.45, 2.75) is 19.8 Å². The quantitative estimate of drug-likeness (QED) is 0.821. The lowest BCUT2D eigenvalue weighted by molar-refractivity contribution is -0.147. The van der Waals surface area contributed by atoms with Gasteiger partial charge < -0.3 is 16.0 Å². The van der Waals surface area contributed by atoms with Crippen LogP contribution in [0.1, 0.15) is 17.7 Å². The molecule has 1 aliphatic heterocycles. The van der Waals surface area contributed by atoms with E-state index < -0.39 is 0 Å². The van der Waals surface area contributed by atoms with Crippen LogP contribution in [0.5, 0.6) is 0 Å². The van der Waals surface area contributed by atoms with Gasteiger partial charge in [-0.25, -0.2) is 0 Å². The minimum atomic E-state index is 0.0885. The van der Waals surface area contributed by atoms with E-state index in [4.69, 9.17) is 5.73 Å². The van der Waals surface area contributed by atoms with Crippen molar-refractivity contribution in [3.05, 3.63) is 41.4 Å². The van der Waals surface area contributed by atoms with Crippen molar-refractivity contribution in [2.24, 2.45) is 17.1 Å². The Morgan fingerprint density at radius 3 is 2.86 bits per heavy atom. The summed E-state index contributed by atoms with van der Waals surface area (Å²) in [6.07, 6.45) is 5.56. The number of nitrogens with one attached hydrogen (secondary N) is 1. The van der Waals surface area contributed by atoms with Crippen LogP contribution in [0, 0.1) is 18.3 Å². The Kier molecular flexibility index (Phi) is 4.10. The third kappa shape index (κ3) is 2.96. The molecule has 0 bridgehead atoms. The number of thiophene rings is 1. The molecule has 0 aromatic carbocycles. The minimum absolute atomic E-state index is 0.0885. The van der Waals surface area contributed by atoms with E-state index in [2.05, 4.69) is 31.0 Å². The highest BCUT2D eigenvalue weighted by Crippen LogP contribution is 2.54. The van der Waals surface area contributed by atoms with E-state index in [1.165, 1.54) is 9.88 Å². The third-order valence-electron chi connectivity index (χ3n) is 4.64. The summed E-state index contributed by atoms with van der Waals surface area (Å²) >= 11 is 1.76. The zero-order valence-corrected chi connectivity index (χ0v) is 13.8. The molecule has 118 valence electrons. The molecule has 1 saturated carbocycles. The number of aryl methyl sites for hydroxylation is 1. The summed E-state index contributed by atoms with van der Waals surface area (Å²) in [5, 5.41) is 4.60. The van der Waals surface area contributed by atoms with Gasteiger partial charge in [0.05, 0.1) is 5.00 Å². The minimum Gasteiger partial charge on any atom is -0.351 e. The largest absolute Gasteiger partial charge is 0.351 e. The van der Waals surface area contributed by atoms with Crippen LogP contribution in [-0.4, -0.2) is 30.4 Å². The van der Waals surface area contributed by atoms with Crippen LogP contribution in [0.15, 0.2) is 36.6 Å². The Labute approximate surface area is 135 Å². The van der Waals surface area contributed by atoms with Crippen molar-refractivity contribution in [3.63, 3.8) is 0 Å². The average Bonchev–Trinajstić information content (AvgIpc) is 2.78. The Balaban J connectivity index is 1.44. The van der Waals surface area contributed by atoms with Gasteiger partial charge in [0.15, 0.2) is 0 Å². The molecule has 3 rings (SSSR count). The maximum Gasteiger partial charge on any atom is 0.246 e. The number of carbonyl (C=O) groups is 1. The zero-order valence-electron chi connectivity index (χ0n) is 13.0.